The number of ether oxygens (including phenoxy) is 1. The van der Waals surface area contributed by atoms with E-state index in [-0.39, 0.29) is 0 Å². The highest BCUT2D eigenvalue weighted by molar-refractivity contribution is 7.99. The third-order valence-corrected chi connectivity index (χ3v) is 4.80. The molecule has 1 aromatic heterocycles. The molecule has 0 N–H and O–H groups in total. The molecule has 1 heterocycles. The Hall–Kier alpha value is -2.27. The van der Waals surface area contributed by atoms with Crippen LogP contribution in [0.15, 0.2) is 59.8 Å². The van der Waals surface area contributed by atoms with Gasteiger partial charge in [-0.05, 0) is 35.4 Å². The molecule has 0 aliphatic rings. The molecule has 25 heavy (non-hydrogen) atoms. The maximum atomic E-state index is 5.93. The van der Waals surface area contributed by atoms with Crippen LogP contribution in [-0.2, 0) is 19.6 Å². The van der Waals surface area contributed by atoms with Crippen LogP contribution in [0.4, 0.5) is 0 Å². The molecule has 3 aromatic rings. The second-order valence-electron chi connectivity index (χ2n) is 5.69. The Bertz CT molecular complexity index is 784. The summed E-state index contributed by atoms with van der Waals surface area (Å²) in [6, 6.07) is 18.6. The molecule has 0 aliphatic carbocycles. The zero-order valence-corrected chi connectivity index (χ0v) is 15.5. The maximum absolute atomic E-state index is 5.93. The third kappa shape index (κ3) is 4.63. The Labute approximate surface area is 153 Å². The average molecular weight is 353 g/mol. The number of nitrogens with zero attached hydrogens (tertiary/aromatic N) is 3. The summed E-state index contributed by atoms with van der Waals surface area (Å²) in [6.45, 7) is 5.44. The number of rotatable bonds is 8. The molecule has 0 unspecified atom stereocenters. The quantitative estimate of drug-likeness (QED) is 0.556. The molecule has 0 bridgehead atoms. The Morgan fingerprint density at radius 1 is 0.920 bits per heavy atom. The van der Waals surface area contributed by atoms with E-state index in [1.807, 2.05) is 18.2 Å². The largest absolute Gasteiger partial charge is 0.486 e. The third-order valence-electron chi connectivity index (χ3n) is 3.95. The number of aryl methyl sites for hydroxylation is 1. The lowest BCUT2D eigenvalue weighted by Crippen LogP contribution is -2.09. The van der Waals surface area contributed by atoms with Crippen LogP contribution in [0.3, 0.4) is 0 Å². The second-order valence-corrected chi connectivity index (χ2v) is 6.92. The zero-order chi connectivity index (χ0) is 17.5. The van der Waals surface area contributed by atoms with Crippen LogP contribution in [0.25, 0.3) is 0 Å². The van der Waals surface area contributed by atoms with E-state index < -0.39 is 0 Å². The standard InChI is InChI=1S/C20H23N3OS/c1-3-16-10-12-18(13-11-16)24-15-19-21-22-20(25-4-2)23(19)14-17-8-6-5-7-9-17/h5-13H,3-4,14-15H2,1-2H3. The first kappa shape index (κ1) is 17.5. The Morgan fingerprint density at radius 3 is 2.36 bits per heavy atom. The van der Waals surface area contributed by atoms with Gasteiger partial charge in [-0.25, -0.2) is 0 Å². The molecule has 0 fully saturated rings. The maximum Gasteiger partial charge on any atom is 0.191 e. The minimum atomic E-state index is 0.412. The van der Waals surface area contributed by atoms with Gasteiger partial charge < -0.3 is 4.74 Å². The summed E-state index contributed by atoms with van der Waals surface area (Å²) in [6.07, 6.45) is 1.03. The summed E-state index contributed by atoms with van der Waals surface area (Å²) in [5.74, 6) is 2.67. The van der Waals surface area contributed by atoms with Gasteiger partial charge in [0.05, 0.1) is 6.54 Å². The predicted molar refractivity (Wildman–Crippen MR) is 102 cm³/mol. The summed E-state index contributed by atoms with van der Waals surface area (Å²) in [5, 5.41) is 9.62. The van der Waals surface area contributed by atoms with Gasteiger partial charge in [0.25, 0.3) is 0 Å². The summed E-state index contributed by atoms with van der Waals surface area (Å²) in [5.41, 5.74) is 2.54. The highest BCUT2D eigenvalue weighted by Crippen LogP contribution is 2.20. The Kier molecular flexibility index (Phi) is 6.12. The molecule has 130 valence electrons. The van der Waals surface area contributed by atoms with Crippen molar-refractivity contribution in [1.82, 2.24) is 14.8 Å². The number of thioether (sulfide) groups is 1. The number of benzene rings is 2. The second kappa shape index (κ2) is 8.72. The molecule has 2 aromatic carbocycles. The van der Waals surface area contributed by atoms with Crippen LogP contribution in [0.1, 0.15) is 30.8 Å². The molecule has 0 atom stereocenters. The topological polar surface area (TPSA) is 39.9 Å². The smallest absolute Gasteiger partial charge is 0.191 e. The van der Waals surface area contributed by atoms with Crippen LogP contribution in [0.2, 0.25) is 0 Å². The van der Waals surface area contributed by atoms with E-state index in [1.165, 1.54) is 11.1 Å². The number of hydrogen-bond acceptors (Lipinski definition) is 4. The van der Waals surface area contributed by atoms with Gasteiger partial charge in [0.15, 0.2) is 11.0 Å². The van der Waals surface area contributed by atoms with E-state index in [0.717, 1.165) is 35.4 Å². The van der Waals surface area contributed by atoms with Crippen LogP contribution in [0.5, 0.6) is 5.75 Å². The first-order chi connectivity index (χ1) is 12.3. The summed E-state index contributed by atoms with van der Waals surface area (Å²) < 4.78 is 8.07. The van der Waals surface area contributed by atoms with Crippen LogP contribution in [0, 0.1) is 0 Å². The molecular weight excluding hydrogens is 330 g/mol. The molecule has 5 heteroatoms. The number of aromatic nitrogens is 3. The molecule has 0 amide bonds. The van der Waals surface area contributed by atoms with Crippen molar-refractivity contribution in [3.63, 3.8) is 0 Å². The van der Waals surface area contributed by atoms with Gasteiger partial charge in [-0.15, -0.1) is 10.2 Å². The molecule has 0 saturated heterocycles. The van der Waals surface area contributed by atoms with E-state index >= 15 is 0 Å². The lowest BCUT2D eigenvalue weighted by atomic mass is 10.2. The summed E-state index contributed by atoms with van der Waals surface area (Å²) >= 11 is 1.70. The van der Waals surface area contributed by atoms with Gasteiger partial charge >= 0.3 is 0 Å². The first-order valence-corrected chi connectivity index (χ1v) is 9.59. The fraction of sp³-hybridized carbons (Fsp3) is 0.300. The predicted octanol–water partition coefficient (Wildman–Crippen LogP) is 4.58. The van der Waals surface area contributed by atoms with Gasteiger partial charge in [-0.1, -0.05) is 68.1 Å². The summed E-state index contributed by atoms with van der Waals surface area (Å²) in [7, 11) is 0. The molecule has 4 nitrogen and oxygen atoms in total. The molecule has 0 radical (unpaired) electrons. The van der Waals surface area contributed by atoms with Gasteiger partial charge in [0.1, 0.15) is 12.4 Å². The average Bonchev–Trinajstić information content (AvgIpc) is 3.03. The van der Waals surface area contributed by atoms with Crippen molar-refractivity contribution < 1.29 is 4.74 Å². The van der Waals surface area contributed by atoms with E-state index in [1.54, 1.807) is 11.8 Å². The van der Waals surface area contributed by atoms with Crippen molar-refractivity contribution in [1.29, 1.82) is 0 Å². The van der Waals surface area contributed by atoms with E-state index in [4.69, 9.17) is 4.74 Å². The monoisotopic (exact) mass is 353 g/mol. The molecule has 0 aliphatic heterocycles. The van der Waals surface area contributed by atoms with E-state index in [0.29, 0.717) is 6.61 Å². The lowest BCUT2D eigenvalue weighted by Gasteiger charge is -2.11. The minimum absolute atomic E-state index is 0.412. The van der Waals surface area contributed by atoms with Gasteiger partial charge in [-0.2, -0.15) is 0 Å². The summed E-state index contributed by atoms with van der Waals surface area (Å²) in [4.78, 5) is 0. The van der Waals surface area contributed by atoms with Crippen molar-refractivity contribution in [3.05, 3.63) is 71.5 Å². The van der Waals surface area contributed by atoms with Crippen LogP contribution >= 0.6 is 11.8 Å². The Morgan fingerprint density at radius 2 is 1.68 bits per heavy atom. The van der Waals surface area contributed by atoms with Crippen molar-refractivity contribution in [2.24, 2.45) is 0 Å². The van der Waals surface area contributed by atoms with Gasteiger partial charge in [0, 0.05) is 0 Å². The normalized spacial score (nSPS) is 10.8. The minimum Gasteiger partial charge on any atom is -0.486 e. The molecular formula is C20H23N3OS. The van der Waals surface area contributed by atoms with Crippen LogP contribution < -0.4 is 4.74 Å². The fourth-order valence-corrected chi connectivity index (χ4v) is 3.24. The van der Waals surface area contributed by atoms with Gasteiger partial charge in [0.2, 0.25) is 0 Å². The highest BCUT2D eigenvalue weighted by atomic mass is 32.2. The first-order valence-electron chi connectivity index (χ1n) is 8.60. The SMILES string of the molecule is CCSc1nnc(COc2ccc(CC)cc2)n1Cc1ccccc1. The highest BCUT2D eigenvalue weighted by Gasteiger charge is 2.13. The van der Waals surface area contributed by atoms with Crippen molar-refractivity contribution in [2.45, 2.75) is 38.6 Å². The van der Waals surface area contributed by atoms with Crippen LogP contribution in [-0.4, -0.2) is 20.5 Å². The molecule has 0 spiro atoms. The van der Waals surface area contributed by atoms with Gasteiger partial charge in [-0.3, -0.25) is 4.57 Å². The molecule has 0 saturated carbocycles. The van der Waals surface area contributed by atoms with Crippen molar-refractivity contribution >= 4 is 11.8 Å². The molecule has 3 rings (SSSR count). The van der Waals surface area contributed by atoms with E-state index in [2.05, 4.69) is 65.0 Å². The Balaban J connectivity index is 1.75. The lowest BCUT2D eigenvalue weighted by molar-refractivity contribution is 0.289. The number of hydrogen-bond donors (Lipinski definition) is 0. The zero-order valence-electron chi connectivity index (χ0n) is 14.7. The van der Waals surface area contributed by atoms with E-state index in [9.17, 15) is 0 Å². The fourth-order valence-electron chi connectivity index (χ4n) is 2.56. The van der Waals surface area contributed by atoms with Crippen molar-refractivity contribution in [2.75, 3.05) is 5.75 Å². The van der Waals surface area contributed by atoms with Crippen molar-refractivity contribution in [3.8, 4) is 5.75 Å².